The molecular weight excluding hydrogens is 388 g/mol. The van der Waals surface area contributed by atoms with E-state index in [1.54, 1.807) is 13.8 Å². The van der Waals surface area contributed by atoms with Crippen LogP contribution in [0.2, 0.25) is 0 Å². The van der Waals surface area contributed by atoms with Crippen LogP contribution in [-0.2, 0) is 4.79 Å². The molecule has 4 N–H and O–H groups in total. The fourth-order valence-electron chi connectivity index (χ4n) is 3.35. The first kappa shape index (κ1) is 19.5. The summed E-state index contributed by atoms with van der Waals surface area (Å²) in [5.41, 5.74) is 9.81. The molecule has 0 radical (unpaired) electrons. The Labute approximate surface area is 170 Å². The van der Waals surface area contributed by atoms with Crippen LogP contribution < -0.4 is 11.5 Å². The number of hydrogen-bond donors (Lipinski definition) is 2. The van der Waals surface area contributed by atoms with Crippen molar-refractivity contribution in [3.05, 3.63) is 60.0 Å². The molecule has 0 amide bonds. The Kier molecular flexibility index (Phi) is 4.29. The quantitative estimate of drug-likeness (QED) is 0.706. The van der Waals surface area contributed by atoms with Crippen LogP contribution in [0.4, 0.5) is 0 Å². The Bertz CT molecular complexity index is 1090. The summed E-state index contributed by atoms with van der Waals surface area (Å²) in [5.74, 6) is -1.61. The summed E-state index contributed by atoms with van der Waals surface area (Å²) in [5, 5.41) is 0. The van der Waals surface area contributed by atoms with Gasteiger partial charge in [0, 0.05) is 37.2 Å². The fraction of sp³-hybridized carbons (Fsp3) is 0.211. The largest absolute Gasteiger partial charge is 0.311 e. The first-order chi connectivity index (χ1) is 14.2. The lowest BCUT2D eigenvalue weighted by Gasteiger charge is -2.31. The van der Waals surface area contributed by atoms with Gasteiger partial charge in [0.25, 0.3) is 11.8 Å². The predicted octanol–water partition coefficient (Wildman–Crippen LogP) is -0.259. The standard InChI is InChI=1S/C19H18N8O3/c1-11-13(15(28)26-5-3-22-9-26)24-7-18(11,20)17(30)19(21)8-25-14(12(19)2)16(29)27-6-4-23-10-27/h3-10H,20-21H2,1-2H3. The van der Waals surface area contributed by atoms with E-state index in [1.165, 1.54) is 59.0 Å². The van der Waals surface area contributed by atoms with Gasteiger partial charge in [-0.1, -0.05) is 0 Å². The van der Waals surface area contributed by atoms with E-state index in [-0.39, 0.29) is 22.5 Å². The van der Waals surface area contributed by atoms with Crippen molar-refractivity contribution in [3.63, 3.8) is 0 Å². The van der Waals surface area contributed by atoms with Crippen LogP contribution in [0.15, 0.2) is 70.0 Å². The number of hydrogen-bond acceptors (Lipinski definition) is 9. The van der Waals surface area contributed by atoms with Crippen molar-refractivity contribution in [2.45, 2.75) is 24.9 Å². The van der Waals surface area contributed by atoms with E-state index >= 15 is 0 Å². The summed E-state index contributed by atoms with van der Waals surface area (Å²) in [7, 11) is 0. The average Bonchev–Trinajstić information content (AvgIpc) is 3.52. The molecule has 0 aromatic carbocycles. The zero-order valence-corrected chi connectivity index (χ0v) is 16.2. The van der Waals surface area contributed by atoms with Crippen molar-refractivity contribution < 1.29 is 14.4 Å². The normalized spacial score (nSPS) is 25.5. The zero-order chi connectivity index (χ0) is 21.7. The number of aromatic nitrogens is 4. The fourth-order valence-corrected chi connectivity index (χ4v) is 3.35. The molecule has 152 valence electrons. The molecule has 2 aliphatic heterocycles. The van der Waals surface area contributed by atoms with Gasteiger partial charge >= 0.3 is 0 Å². The van der Waals surface area contributed by atoms with Crippen molar-refractivity contribution in [3.8, 4) is 0 Å². The molecule has 2 atom stereocenters. The molecule has 0 spiro atoms. The number of rotatable bonds is 4. The van der Waals surface area contributed by atoms with E-state index in [0.717, 1.165) is 0 Å². The molecule has 4 heterocycles. The van der Waals surface area contributed by atoms with Crippen molar-refractivity contribution >= 4 is 30.0 Å². The van der Waals surface area contributed by atoms with Crippen molar-refractivity contribution in [1.82, 2.24) is 19.1 Å². The molecule has 0 saturated heterocycles. The Morgan fingerprint density at radius 2 is 1.20 bits per heavy atom. The molecule has 11 heteroatoms. The number of ketones is 1. The van der Waals surface area contributed by atoms with Gasteiger partial charge in [-0.3, -0.25) is 33.5 Å². The number of nitrogens with two attached hydrogens (primary N) is 2. The summed E-state index contributed by atoms with van der Waals surface area (Å²) < 4.78 is 2.46. The Hall–Kier alpha value is -3.83. The van der Waals surface area contributed by atoms with E-state index in [2.05, 4.69) is 20.0 Å². The molecule has 30 heavy (non-hydrogen) atoms. The second kappa shape index (κ2) is 6.61. The third-order valence-corrected chi connectivity index (χ3v) is 5.38. The molecule has 2 aromatic heterocycles. The number of allylic oxidation sites excluding steroid dienone is 2. The highest BCUT2D eigenvalue weighted by molar-refractivity contribution is 6.25. The Morgan fingerprint density at radius 1 is 0.800 bits per heavy atom. The monoisotopic (exact) mass is 406 g/mol. The van der Waals surface area contributed by atoms with Crippen LogP contribution in [0, 0.1) is 0 Å². The zero-order valence-electron chi connectivity index (χ0n) is 16.2. The second-order valence-corrected chi connectivity index (χ2v) is 7.08. The van der Waals surface area contributed by atoms with Crippen LogP contribution in [0.1, 0.15) is 23.4 Å². The van der Waals surface area contributed by atoms with Crippen molar-refractivity contribution in [2.24, 2.45) is 21.5 Å². The topological polar surface area (TPSA) is 164 Å². The number of imidazole rings is 2. The lowest BCUT2D eigenvalue weighted by Crippen LogP contribution is -2.64. The second-order valence-electron chi connectivity index (χ2n) is 7.08. The third-order valence-electron chi connectivity index (χ3n) is 5.38. The molecule has 2 unspecified atom stereocenters. The highest BCUT2D eigenvalue weighted by Crippen LogP contribution is 2.33. The summed E-state index contributed by atoms with van der Waals surface area (Å²) in [4.78, 5) is 54.5. The van der Waals surface area contributed by atoms with E-state index in [0.29, 0.717) is 0 Å². The number of Topliss-reactive ketones (excluding diaryl/α,β-unsaturated/α-hetero) is 1. The van der Waals surface area contributed by atoms with E-state index in [9.17, 15) is 14.4 Å². The summed E-state index contributed by atoms with van der Waals surface area (Å²) in [6, 6.07) is 0. The highest BCUT2D eigenvalue weighted by atomic mass is 16.2. The first-order valence-corrected chi connectivity index (χ1v) is 8.91. The van der Waals surface area contributed by atoms with Crippen LogP contribution in [0.5, 0.6) is 0 Å². The molecule has 2 aromatic rings. The first-order valence-electron chi connectivity index (χ1n) is 8.91. The maximum absolute atomic E-state index is 13.5. The number of carbonyl (C=O) groups excluding carboxylic acids is 3. The predicted molar refractivity (Wildman–Crippen MR) is 107 cm³/mol. The minimum Gasteiger partial charge on any atom is -0.311 e. The van der Waals surface area contributed by atoms with Gasteiger partial charge in [0.15, 0.2) is 5.78 Å². The SMILES string of the molecule is CC1=C(C(=O)n2ccnc2)N=CC1(N)C(=O)C1(N)C=NC(C(=O)n2ccnc2)=C1C. The molecule has 11 nitrogen and oxygen atoms in total. The minimum absolute atomic E-state index is 0.0266. The molecule has 4 rings (SSSR count). The molecule has 0 saturated carbocycles. The molecule has 0 aliphatic carbocycles. The van der Waals surface area contributed by atoms with E-state index in [4.69, 9.17) is 11.5 Å². The van der Waals surface area contributed by atoms with Crippen molar-refractivity contribution in [2.75, 3.05) is 0 Å². The molecular formula is C19H18N8O3. The van der Waals surface area contributed by atoms with E-state index < -0.39 is 28.7 Å². The molecule has 2 aliphatic rings. The van der Waals surface area contributed by atoms with Gasteiger partial charge in [0.05, 0.1) is 0 Å². The summed E-state index contributed by atoms with van der Waals surface area (Å²) >= 11 is 0. The van der Waals surface area contributed by atoms with Gasteiger partial charge in [0.2, 0.25) is 0 Å². The molecule has 0 bridgehead atoms. The van der Waals surface area contributed by atoms with Gasteiger partial charge in [-0.25, -0.2) is 9.97 Å². The van der Waals surface area contributed by atoms with Crippen LogP contribution >= 0.6 is 0 Å². The van der Waals surface area contributed by atoms with Crippen LogP contribution in [-0.4, -0.2) is 60.2 Å². The van der Waals surface area contributed by atoms with Crippen LogP contribution in [0.25, 0.3) is 0 Å². The van der Waals surface area contributed by atoms with Gasteiger partial charge < -0.3 is 11.5 Å². The summed E-state index contributed by atoms with van der Waals surface area (Å²) in [6.07, 6.45) is 10.9. The Balaban J connectivity index is 1.69. The lowest BCUT2D eigenvalue weighted by molar-refractivity contribution is -0.122. The van der Waals surface area contributed by atoms with E-state index in [1.807, 2.05) is 0 Å². The third kappa shape index (κ3) is 2.64. The average molecular weight is 406 g/mol. The smallest absolute Gasteiger partial charge is 0.281 e. The maximum Gasteiger partial charge on any atom is 0.281 e. The summed E-state index contributed by atoms with van der Waals surface area (Å²) in [6.45, 7) is 3.09. The maximum atomic E-state index is 13.5. The molecule has 0 fully saturated rings. The van der Waals surface area contributed by atoms with Gasteiger partial charge in [0.1, 0.15) is 35.1 Å². The Morgan fingerprint density at radius 3 is 1.53 bits per heavy atom. The number of nitrogens with zero attached hydrogens (tertiary/aromatic N) is 6. The van der Waals surface area contributed by atoms with Crippen LogP contribution in [0.3, 0.4) is 0 Å². The van der Waals surface area contributed by atoms with Crippen molar-refractivity contribution in [1.29, 1.82) is 0 Å². The van der Waals surface area contributed by atoms with Gasteiger partial charge in [-0.15, -0.1) is 0 Å². The van der Waals surface area contributed by atoms with Gasteiger partial charge in [-0.05, 0) is 25.0 Å². The highest BCUT2D eigenvalue weighted by Gasteiger charge is 2.52. The number of aliphatic imine (C=N–C) groups is 2. The number of carbonyl (C=O) groups is 3. The minimum atomic E-state index is -1.74. The van der Waals surface area contributed by atoms with Gasteiger partial charge in [-0.2, -0.15) is 0 Å². The lowest BCUT2D eigenvalue weighted by atomic mass is 9.76.